The van der Waals surface area contributed by atoms with E-state index in [2.05, 4.69) is 37.1 Å². The van der Waals surface area contributed by atoms with Gasteiger partial charge in [0, 0.05) is 25.0 Å². The normalized spacial score (nSPS) is 29.2. The quantitative estimate of drug-likeness (QED) is 0.865. The van der Waals surface area contributed by atoms with Crippen molar-refractivity contribution in [2.75, 3.05) is 0 Å². The van der Waals surface area contributed by atoms with E-state index in [9.17, 15) is 0 Å². The molecule has 0 saturated heterocycles. The second-order valence-electron chi connectivity index (χ2n) is 5.69. The van der Waals surface area contributed by atoms with Crippen LogP contribution in [0.4, 0.5) is 0 Å². The van der Waals surface area contributed by atoms with Gasteiger partial charge in [-0.25, -0.2) is 0 Å². The SMILES string of the molecule is Cc1ccncc1CNC1CCC(C)CC1C. The number of hydrogen-bond acceptors (Lipinski definition) is 2. The molecule has 1 aliphatic rings. The molecule has 3 unspecified atom stereocenters. The van der Waals surface area contributed by atoms with Gasteiger partial charge in [-0.2, -0.15) is 0 Å². The van der Waals surface area contributed by atoms with E-state index >= 15 is 0 Å². The van der Waals surface area contributed by atoms with Crippen LogP contribution in [-0.4, -0.2) is 11.0 Å². The minimum atomic E-state index is 0.686. The summed E-state index contributed by atoms with van der Waals surface area (Å²) in [7, 11) is 0. The second-order valence-corrected chi connectivity index (χ2v) is 5.69. The van der Waals surface area contributed by atoms with Crippen molar-refractivity contribution >= 4 is 0 Å². The Labute approximate surface area is 105 Å². The van der Waals surface area contributed by atoms with Crippen molar-refractivity contribution in [1.82, 2.24) is 10.3 Å². The van der Waals surface area contributed by atoms with Crippen LogP contribution in [0.3, 0.4) is 0 Å². The predicted molar refractivity (Wildman–Crippen MR) is 71.8 cm³/mol. The maximum atomic E-state index is 4.20. The summed E-state index contributed by atoms with van der Waals surface area (Å²) in [6.07, 6.45) is 7.90. The second kappa shape index (κ2) is 5.63. The Morgan fingerprint density at radius 2 is 2.18 bits per heavy atom. The third-order valence-corrected chi connectivity index (χ3v) is 4.13. The highest BCUT2D eigenvalue weighted by Gasteiger charge is 2.24. The van der Waals surface area contributed by atoms with Crippen LogP contribution in [0.25, 0.3) is 0 Å². The van der Waals surface area contributed by atoms with E-state index in [1.807, 2.05) is 12.4 Å². The molecule has 1 aliphatic carbocycles. The third kappa shape index (κ3) is 3.29. The van der Waals surface area contributed by atoms with Crippen molar-refractivity contribution < 1.29 is 0 Å². The number of aryl methyl sites for hydroxylation is 1. The van der Waals surface area contributed by atoms with E-state index in [0.717, 1.165) is 18.4 Å². The molecule has 2 nitrogen and oxygen atoms in total. The number of pyridine rings is 1. The van der Waals surface area contributed by atoms with Crippen molar-refractivity contribution in [3.8, 4) is 0 Å². The van der Waals surface area contributed by atoms with Crippen LogP contribution in [0.2, 0.25) is 0 Å². The topological polar surface area (TPSA) is 24.9 Å². The highest BCUT2D eigenvalue weighted by molar-refractivity contribution is 5.21. The van der Waals surface area contributed by atoms with E-state index in [4.69, 9.17) is 0 Å². The van der Waals surface area contributed by atoms with Crippen LogP contribution in [0.1, 0.15) is 44.2 Å². The molecule has 94 valence electrons. The minimum Gasteiger partial charge on any atom is -0.310 e. The lowest BCUT2D eigenvalue weighted by molar-refractivity contribution is 0.227. The molecule has 0 amide bonds. The Morgan fingerprint density at radius 1 is 1.35 bits per heavy atom. The average Bonchev–Trinajstić information content (AvgIpc) is 2.30. The molecule has 0 aromatic carbocycles. The van der Waals surface area contributed by atoms with Gasteiger partial charge in [0.25, 0.3) is 0 Å². The van der Waals surface area contributed by atoms with Crippen molar-refractivity contribution in [2.45, 2.75) is 52.6 Å². The van der Waals surface area contributed by atoms with E-state index in [1.54, 1.807) is 0 Å². The van der Waals surface area contributed by atoms with Gasteiger partial charge in [-0.15, -0.1) is 0 Å². The Balaban J connectivity index is 1.88. The van der Waals surface area contributed by atoms with Gasteiger partial charge < -0.3 is 5.32 Å². The fourth-order valence-corrected chi connectivity index (χ4v) is 2.89. The smallest absolute Gasteiger partial charge is 0.0315 e. The summed E-state index contributed by atoms with van der Waals surface area (Å²) in [6, 6.07) is 2.77. The van der Waals surface area contributed by atoms with Crippen molar-refractivity contribution in [2.24, 2.45) is 11.8 Å². The number of nitrogens with one attached hydrogen (secondary N) is 1. The van der Waals surface area contributed by atoms with Crippen LogP contribution in [0.15, 0.2) is 18.5 Å². The molecule has 2 heteroatoms. The Hall–Kier alpha value is -0.890. The number of hydrogen-bond donors (Lipinski definition) is 1. The molecule has 1 fully saturated rings. The lowest BCUT2D eigenvalue weighted by Gasteiger charge is -2.33. The van der Waals surface area contributed by atoms with Crippen LogP contribution < -0.4 is 5.32 Å². The molecule has 0 bridgehead atoms. The molecular weight excluding hydrogens is 208 g/mol. The highest BCUT2D eigenvalue weighted by Crippen LogP contribution is 2.28. The maximum Gasteiger partial charge on any atom is 0.0315 e. The van der Waals surface area contributed by atoms with Crippen LogP contribution in [0, 0.1) is 18.8 Å². The zero-order chi connectivity index (χ0) is 12.3. The highest BCUT2D eigenvalue weighted by atomic mass is 14.9. The van der Waals surface area contributed by atoms with Crippen LogP contribution in [-0.2, 0) is 6.54 Å². The monoisotopic (exact) mass is 232 g/mol. The van der Waals surface area contributed by atoms with Gasteiger partial charge in [0.15, 0.2) is 0 Å². The zero-order valence-corrected chi connectivity index (χ0v) is 11.2. The first-order valence-electron chi connectivity index (χ1n) is 6.79. The number of nitrogens with zero attached hydrogens (tertiary/aromatic N) is 1. The molecule has 0 radical (unpaired) electrons. The Bertz CT molecular complexity index is 362. The van der Waals surface area contributed by atoms with Gasteiger partial charge in [0.05, 0.1) is 0 Å². The van der Waals surface area contributed by atoms with Gasteiger partial charge in [-0.3, -0.25) is 4.98 Å². The summed E-state index contributed by atoms with van der Waals surface area (Å²) < 4.78 is 0. The molecule has 1 heterocycles. The van der Waals surface area contributed by atoms with Crippen molar-refractivity contribution in [1.29, 1.82) is 0 Å². The van der Waals surface area contributed by atoms with Crippen molar-refractivity contribution in [3.05, 3.63) is 29.6 Å². The zero-order valence-electron chi connectivity index (χ0n) is 11.2. The Kier molecular flexibility index (Phi) is 4.16. The molecule has 0 spiro atoms. The molecule has 1 saturated carbocycles. The van der Waals surface area contributed by atoms with Crippen LogP contribution >= 0.6 is 0 Å². The summed E-state index contributed by atoms with van der Waals surface area (Å²) in [4.78, 5) is 4.20. The van der Waals surface area contributed by atoms with Gasteiger partial charge >= 0.3 is 0 Å². The summed E-state index contributed by atoms with van der Waals surface area (Å²) in [5.41, 5.74) is 2.67. The number of aromatic nitrogens is 1. The minimum absolute atomic E-state index is 0.686. The third-order valence-electron chi connectivity index (χ3n) is 4.13. The fourth-order valence-electron chi connectivity index (χ4n) is 2.89. The molecule has 1 aromatic rings. The molecule has 2 rings (SSSR count). The van der Waals surface area contributed by atoms with E-state index in [1.165, 1.54) is 30.4 Å². The maximum absolute atomic E-state index is 4.20. The lowest BCUT2D eigenvalue weighted by Crippen LogP contribution is -2.38. The molecule has 1 N–H and O–H groups in total. The van der Waals surface area contributed by atoms with Crippen molar-refractivity contribution in [3.63, 3.8) is 0 Å². The molecule has 3 atom stereocenters. The first kappa shape index (κ1) is 12.6. The first-order chi connectivity index (χ1) is 8.16. The Morgan fingerprint density at radius 3 is 2.88 bits per heavy atom. The largest absolute Gasteiger partial charge is 0.310 e. The molecule has 1 aromatic heterocycles. The summed E-state index contributed by atoms with van der Waals surface area (Å²) in [5, 5.41) is 3.71. The standard InChI is InChI=1S/C15H24N2/c1-11-4-5-15(13(3)8-11)17-10-14-9-16-7-6-12(14)2/h6-7,9,11,13,15,17H,4-5,8,10H2,1-3H3. The fraction of sp³-hybridized carbons (Fsp3) is 0.667. The first-order valence-corrected chi connectivity index (χ1v) is 6.79. The molecular formula is C15H24N2. The summed E-state index contributed by atoms with van der Waals surface area (Å²) >= 11 is 0. The van der Waals surface area contributed by atoms with Gasteiger partial charge in [-0.1, -0.05) is 13.8 Å². The molecule has 17 heavy (non-hydrogen) atoms. The van der Waals surface area contributed by atoms with E-state index < -0.39 is 0 Å². The predicted octanol–water partition coefficient (Wildman–Crippen LogP) is 3.30. The summed E-state index contributed by atoms with van der Waals surface area (Å²) in [6.45, 7) is 7.87. The molecule has 0 aliphatic heterocycles. The summed E-state index contributed by atoms with van der Waals surface area (Å²) in [5.74, 6) is 1.71. The number of rotatable bonds is 3. The lowest BCUT2D eigenvalue weighted by atomic mass is 9.80. The van der Waals surface area contributed by atoms with Crippen LogP contribution in [0.5, 0.6) is 0 Å². The van der Waals surface area contributed by atoms with Gasteiger partial charge in [-0.05, 0) is 55.2 Å². The van der Waals surface area contributed by atoms with E-state index in [0.29, 0.717) is 6.04 Å². The average molecular weight is 232 g/mol. The van der Waals surface area contributed by atoms with Gasteiger partial charge in [0.1, 0.15) is 0 Å². The van der Waals surface area contributed by atoms with E-state index in [-0.39, 0.29) is 0 Å². The van der Waals surface area contributed by atoms with Gasteiger partial charge in [0.2, 0.25) is 0 Å².